The normalized spacial score (nSPS) is 11.7. The molecule has 0 unspecified atom stereocenters. The Labute approximate surface area is 203 Å². The number of nitrogens with zero attached hydrogens (tertiary/aromatic N) is 2. The first-order valence-corrected chi connectivity index (χ1v) is 12.3. The molecule has 0 spiro atoms. The number of hydrogen-bond donors (Lipinski definition) is 1. The van der Waals surface area contributed by atoms with E-state index in [0.29, 0.717) is 5.92 Å². The number of carbonyl (C=O) groups excluding carboxylic acids is 1. The van der Waals surface area contributed by atoms with Crippen molar-refractivity contribution in [2.45, 2.75) is 24.7 Å². The predicted molar refractivity (Wildman–Crippen MR) is 134 cm³/mol. The highest BCUT2D eigenvalue weighted by molar-refractivity contribution is 7.92. The number of rotatable bonds is 8. The molecule has 6 nitrogen and oxygen atoms in total. The van der Waals surface area contributed by atoms with Gasteiger partial charge in [0.2, 0.25) is 0 Å². The zero-order valence-corrected chi connectivity index (χ0v) is 20.4. The predicted octanol–water partition coefficient (Wildman–Crippen LogP) is 5.46. The molecule has 1 amide bonds. The van der Waals surface area contributed by atoms with Crippen LogP contribution in [0.5, 0.6) is 0 Å². The number of carbonyl (C=O) groups is 1. The summed E-state index contributed by atoms with van der Waals surface area (Å²) in [6, 6.07) is 20.1. The smallest absolute Gasteiger partial charge is 0.264 e. The van der Waals surface area contributed by atoms with E-state index in [9.17, 15) is 13.2 Å². The van der Waals surface area contributed by atoms with Crippen LogP contribution in [0, 0.1) is 0 Å². The van der Waals surface area contributed by atoms with E-state index in [1.807, 2.05) is 24.3 Å². The van der Waals surface area contributed by atoms with E-state index in [4.69, 9.17) is 23.2 Å². The molecule has 0 atom stereocenters. The molecule has 0 radical (unpaired) electrons. The van der Waals surface area contributed by atoms with Gasteiger partial charge in [-0.1, -0.05) is 85.6 Å². The Balaban J connectivity index is 1.83. The molecule has 0 aromatic heterocycles. The number of hydrogen-bond acceptors (Lipinski definition) is 4. The van der Waals surface area contributed by atoms with Gasteiger partial charge in [0.1, 0.15) is 6.54 Å². The minimum atomic E-state index is -4.10. The Bertz CT molecular complexity index is 1250. The average Bonchev–Trinajstić information content (AvgIpc) is 2.80. The third kappa shape index (κ3) is 6.13. The van der Waals surface area contributed by atoms with Gasteiger partial charge in [-0.3, -0.25) is 9.10 Å². The third-order valence-corrected chi connectivity index (χ3v) is 7.41. The number of hydrazone groups is 1. The SMILES string of the molecule is CC(C)c1ccc(/C=N\NC(=O)CN(c2cccc(Cl)c2Cl)S(=O)(=O)c2ccccc2)cc1. The van der Waals surface area contributed by atoms with Gasteiger partial charge in [-0.25, -0.2) is 13.8 Å². The first-order chi connectivity index (χ1) is 15.7. The number of sulfonamides is 1. The summed E-state index contributed by atoms with van der Waals surface area (Å²) < 4.78 is 27.6. The molecule has 3 aromatic carbocycles. The molecular formula is C24H23Cl2N3O3S. The Morgan fingerprint density at radius 2 is 1.67 bits per heavy atom. The van der Waals surface area contributed by atoms with Gasteiger partial charge >= 0.3 is 0 Å². The summed E-state index contributed by atoms with van der Waals surface area (Å²) in [7, 11) is -4.10. The molecule has 0 saturated carbocycles. The van der Waals surface area contributed by atoms with Crippen molar-refractivity contribution in [2.75, 3.05) is 10.8 Å². The maximum atomic E-state index is 13.3. The Kier molecular flexibility index (Phi) is 8.13. The highest BCUT2D eigenvalue weighted by atomic mass is 35.5. The van der Waals surface area contributed by atoms with Gasteiger partial charge in [0.25, 0.3) is 15.9 Å². The molecule has 0 bridgehead atoms. The van der Waals surface area contributed by atoms with Gasteiger partial charge < -0.3 is 0 Å². The van der Waals surface area contributed by atoms with Gasteiger partial charge in [-0.2, -0.15) is 5.10 Å². The first kappa shape index (κ1) is 24.8. The highest BCUT2D eigenvalue weighted by Gasteiger charge is 2.29. The number of benzene rings is 3. The molecule has 172 valence electrons. The van der Waals surface area contributed by atoms with E-state index in [2.05, 4.69) is 24.4 Å². The van der Waals surface area contributed by atoms with Crippen LogP contribution in [0.15, 0.2) is 82.8 Å². The number of nitrogens with one attached hydrogen (secondary N) is 1. The van der Waals surface area contributed by atoms with Crippen LogP contribution in [0.1, 0.15) is 30.9 Å². The molecule has 33 heavy (non-hydrogen) atoms. The van der Waals surface area contributed by atoms with Gasteiger partial charge in [0.15, 0.2) is 0 Å². The number of halogens is 2. The molecule has 0 aliphatic rings. The molecule has 0 saturated heterocycles. The quantitative estimate of drug-likeness (QED) is 0.327. The van der Waals surface area contributed by atoms with E-state index < -0.39 is 22.5 Å². The Hall–Kier alpha value is -2.87. The van der Waals surface area contributed by atoms with E-state index in [1.54, 1.807) is 24.3 Å². The molecular weight excluding hydrogens is 481 g/mol. The minimum absolute atomic E-state index is 0.0163. The average molecular weight is 504 g/mol. The topological polar surface area (TPSA) is 78.8 Å². The summed E-state index contributed by atoms with van der Waals surface area (Å²) in [6.45, 7) is 3.66. The van der Waals surface area contributed by atoms with Gasteiger partial charge in [0, 0.05) is 0 Å². The van der Waals surface area contributed by atoms with Gasteiger partial charge in [-0.15, -0.1) is 0 Å². The summed E-state index contributed by atoms with van der Waals surface area (Å²) >= 11 is 12.4. The molecule has 0 heterocycles. The molecule has 9 heteroatoms. The van der Waals surface area contributed by atoms with Crippen molar-refractivity contribution in [1.82, 2.24) is 5.43 Å². The lowest BCUT2D eigenvalue weighted by Gasteiger charge is -2.24. The maximum Gasteiger partial charge on any atom is 0.264 e. The van der Waals surface area contributed by atoms with Crippen molar-refractivity contribution < 1.29 is 13.2 Å². The molecule has 3 aromatic rings. The van der Waals surface area contributed by atoms with E-state index >= 15 is 0 Å². The number of anilines is 1. The zero-order valence-electron chi connectivity index (χ0n) is 18.1. The van der Waals surface area contributed by atoms with Crippen LogP contribution >= 0.6 is 23.2 Å². The van der Waals surface area contributed by atoms with Crippen molar-refractivity contribution >= 4 is 51.0 Å². The van der Waals surface area contributed by atoms with Crippen LogP contribution in [-0.4, -0.2) is 27.1 Å². The fourth-order valence-corrected chi connectivity index (χ4v) is 4.92. The Morgan fingerprint density at radius 3 is 2.30 bits per heavy atom. The second kappa shape index (κ2) is 10.8. The van der Waals surface area contributed by atoms with Crippen LogP contribution in [-0.2, 0) is 14.8 Å². The first-order valence-electron chi connectivity index (χ1n) is 10.1. The molecule has 3 rings (SSSR count). The van der Waals surface area contributed by atoms with E-state index in [-0.39, 0.29) is 20.6 Å². The highest BCUT2D eigenvalue weighted by Crippen LogP contribution is 2.35. The molecule has 0 aliphatic heterocycles. The lowest BCUT2D eigenvalue weighted by molar-refractivity contribution is -0.119. The second-order valence-corrected chi connectivity index (χ2v) is 10.2. The fourth-order valence-electron chi connectivity index (χ4n) is 3.02. The van der Waals surface area contributed by atoms with Crippen LogP contribution < -0.4 is 9.73 Å². The van der Waals surface area contributed by atoms with Crippen molar-refractivity contribution in [3.63, 3.8) is 0 Å². The zero-order chi connectivity index (χ0) is 24.0. The standard InChI is InChI=1S/C24H23Cl2N3O3S/c1-17(2)19-13-11-18(12-14-19)15-27-28-23(30)16-29(22-10-6-9-21(25)24(22)26)33(31,32)20-7-4-3-5-8-20/h3-15,17H,16H2,1-2H3,(H,28,30)/b27-15-. The van der Waals surface area contributed by atoms with Gasteiger partial charge in [-0.05, 0) is 41.3 Å². The Morgan fingerprint density at radius 1 is 1.00 bits per heavy atom. The summed E-state index contributed by atoms with van der Waals surface area (Å²) in [6.07, 6.45) is 1.49. The van der Waals surface area contributed by atoms with Crippen LogP contribution in [0.3, 0.4) is 0 Å². The third-order valence-electron chi connectivity index (χ3n) is 4.82. The number of amides is 1. The molecule has 1 N–H and O–H groups in total. The summed E-state index contributed by atoms with van der Waals surface area (Å²) in [4.78, 5) is 12.6. The lowest BCUT2D eigenvalue weighted by Crippen LogP contribution is -2.39. The van der Waals surface area contributed by atoms with Crippen LogP contribution in [0.25, 0.3) is 0 Å². The van der Waals surface area contributed by atoms with Crippen LogP contribution in [0.4, 0.5) is 5.69 Å². The molecule has 0 aliphatic carbocycles. The van der Waals surface area contributed by atoms with Crippen molar-refractivity contribution in [1.29, 1.82) is 0 Å². The van der Waals surface area contributed by atoms with E-state index in [0.717, 1.165) is 9.87 Å². The summed E-state index contributed by atoms with van der Waals surface area (Å²) in [5, 5.41) is 4.15. The van der Waals surface area contributed by atoms with Crippen molar-refractivity contribution in [3.05, 3.63) is 94.0 Å². The maximum absolute atomic E-state index is 13.3. The van der Waals surface area contributed by atoms with Crippen LogP contribution in [0.2, 0.25) is 10.0 Å². The van der Waals surface area contributed by atoms with Crippen molar-refractivity contribution in [3.8, 4) is 0 Å². The summed E-state index contributed by atoms with van der Waals surface area (Å²) in [5.74, 6) is -0.229. The monoisotopic (exact) mass is 503 g/mol. The summed E-state index contributed by atoms with van der Waals surface area (Å²) in [5.41, 5.74) is 4.46. The lowest BCUT2D eigenvalue weighted by atomic mass is 10.0. The largest absolute Gasteiger partial charge is 0.271 e. The van der Waals surface area contributed by atoms with Crippen molar-refractivity contribution in [2.24, 2.45) is 5.10 Å². The fraction of sp³-hybridized carbons (Fsp3) is 0.167. The second-order valence-electron chi connectivity index (χ2n) is 7.51. The molecule has 0 fully saturated rings. The van der Waals surface area contributed by atoms with Gasteiger partial charge in [0.05, 0.1) is 26.8 Å². The minimum Gasteiger partial charge on any atom is -0.271 e. The van der Waals surface area contributed by atoms with E-state index in [1.165, 1.54) is 36.0 Å².